The molecule has 2 amide bonds. The number of fused-ring (bicyclic) bond motifs is 3. The van der Waals surface area contributed by atoms with Gasteiger partial charge in [0.2, 0.25) is 17.6 Å². The first-order valence-corrected chi connectivity index (χ1v) is 11.0. The Morgan fingerprint density at radius 2 is 1.84 bits per heavy atom. The Labute approximate surface area is 184 Å². The minimum absolute atomic E-state index is 0.0175. The van der Waals surface area contributed by atoms with Gasteiger partial charge in [0.1, 0.15) is 6.54 Å². The number of aryl methyl sites for hydroxylation is 1. The third kappa shape index (κ3) is 4.30. The number of nitrogens with one attached hydrogen (secondary N) is 2. The molecule has 32 heavy (non-hydrogen) atoms. The fourth-order valence-corrected chi connectivity index (χ4v) is 4.26. The first kappa shape index (κ1) is 21.8. The van der Waals surface area contributed by atoms with Crippen molar-refractivity contribution in [3.05, 3.63) is 45.1 Å². The Morgan fingerprint density at radius 3 is 2.56 bits per heavy atom. The number of hydrogen-bond acceptors (Lipinski definition) is 5. The van der Waals surface area contributed by atoms with Crippen LogP contribution in [0.3, 0.4) is 0 Å². The van der Waals surface area contributed by atoms with Crippen molar-refractivity contribution in [1.29, 1.82) is 0 Å². The minimum atomic E-state index is -0.502. The molecular weight excluding hydrogens is 412 g/mol. The Kier molecular flexibility index (Phi) is 6.11. The molecule has 1 saturated carbocycles. The van der Waals surface area contributed by atoms with Gasteiger partial charge in [-0.15, -0.1) is 5.10 Å². The summed E-state index contributed by atoms with van der Waals surface area (Å²) in [6, 6.07) is 6.88. The predicted molar refractivity (Wildman–Crippen MR) is 120 cm³/mol. The normalized spacial score (nSPS) is 14.5. The molecule has 0 aliphatic heterocycles. The van der Waals surface area contributed by atoms with Gasteiger partial charge in [-0.3, -0.25) is 19.0 Å². The Bertz CT molecular complexity index is 1280. The summed E-state index contributed by atoms with van der Waals surface area (Å²) in [4.78, 5) is 50.9. The Hall–Kier alpha value is -3.43. The second kappa shape index (κ2) is 8.97. The van der Waals surface area contributed by atoms with E-state index < -0.39 is 5.69 Å². The van der Waals surface area contributed by atoms with Gasteiger partial charge in [0, 0.05) is 25.0 Å². The van der Waals surface area contributed by atoms with E-state index in [0.29, 0.717) is 10.9 Å². The molecule has 0 unspecified atom stereocenters. The number of carbonyl (C=O) groups excluding carboxylic acids is 2. The van der Waals surface area contributed by atoms with Gasteiger partial charge < -0.3 is 10.6 Å². The van der Waals surface area contributed by atoms with Gasteiger partial charge in [-0.2, -0.15) is 0 Å². The van der Waals surface area contributed by atoms with Gasteiger partial charge in [0.05, 0.1) is 10.9 Å². The number of aromatic nitrogens is 4. The smallest absolute Gasteiger partial charge is 0.352 e. The fraction of sp³-hybridized carbons (Fsp3) is 0.500. The average molecular weight is 441 g/mol. The molecule has 10 nitrogen and oxygen atoms in total. The summed E-state index contributed by atoms with van der Waals surface area (Å²) in [6.07, 6.45) is 4.11. The zero-order chi connectivity index (χ0) is 22.8. The monoisotopic (exact) mass is 440 g/mol. The Balaban J connectivity index is 1.73. The highest BCUT2D eigenvalue weighted by atomic mass is 16.2. The van der Waals surface area contributed by atoms with Crippen LogP contribution in [0.2, 0.25) is 0 Å². The largest absolute Gasteiger partial charge is 0.354 e. The molecule has 0 spiro atoms. The third-order valence-corrected chi connectivity index (χ3v) is 5.71. The summed E-state index contributed by atoms with van der Waals surface area (Å²) >= 11 is 0. The molecule has 0 saturated heterocycles. The summed E-state index contributed by atoms with van der Waals surface area (Å²) in [5.41, 5.74) is -0.418. The summed E-state index contributed by atoms with van der Waals surface area (Å²) < 4.78 is 3.74. The van der Waals surface area contributed by atoms with Crippen LogP contribution in [0.25, 0.3) is 16.7 Å². The van der Waals surface area contributed by atoms with E-state index >= 15 is 0 Å². The number of benzene rings is 1. The second-order valence-electron chi connectivity index (χ2n) is 8.57. The standard InChI is InChI=1S/C22H28N6O4/c1-14(2)23-18(29)11-12-26-20(31)16-9-5-6-10-17(16)28-21(26)25-27(22(28)32)13-19(30)24-15-7-3-4-8-15/h5-6,9-10,14-15H,3-4,7-8,11-13H2,1-2H3,(H,23,29)(H,24,30). The van der Waals surface area contributed by atoms with Crippen molar-refractivity contribution < 1.29 is 9.59 Å². The van der Waals surface area contributed by atoms with Gasteiger partial charge in [-0.05, 0) is 38.8 Å². The van der Waals surface area contributed by atoms with E-state index in [2.05, 4.69) is 15.7 Å². The van der Waals surface area contributed by atoms with Crippen LogP contribution in [0.1, 0.15) is 46.0 Å². The van der Waals surface area contributed by atoms with Crippen LogP contribution < -0.4 is 21.9 Å². The topological polar surface area (TPSA) is 120 Å². The molecule has 3 aromatic rings. The lowest BCUT2D eigenvalue weighted by Crippen LogP contribution is -2.37. The molecule has 4 rings (SSSR count). The summed E-state index contributed by atoms with van der Waals surface area (Å²) in [5.74, 6) is -0.363. The van der Waals surface area contributed by atoms with Crippen molar-refractivity contribution in [3.8, 4) is 0 Å². The van der Waals surface area contributed by atoms with E-state index in [1.165, 1.54) is 8.97 Å². The number of nitrogens with zero attached hydrogens (tertiary/aromatic N) is 4. The molecule has 1 aromatic carbocycles. The van der Waals surface area contributed by atoms with Crippen molar-refractivity contribution in [3.63, 3.8) is 0 Å². The molecular formula is C22H28N6O4. The minimum Gasteiger partial charge on any atom is -0.354 e. The van der Waals surface area contributed by atoms with Crippen LogP contribution >= 0.6 is 0 Å². The molecule has 1 aliphatic carbocycles. The highest BCUT2D eigenvalue weighted by molar-refractivity contribution is 5.80. The molecule has 1 fully saturated rings. The summed E-state index contributed by atoms with van der Waals surface area (Å²) in [5, 5.41) is 10.4. The van der Waals surface area contributed by atoms with E-state index in [4.69, 9.17) is 0 Å². The van der Waals surface area contributed by atoms with Crippen LogP contribution in [0.4, 0.5) is 0 Å². The summed E-state index contributed by atoms with van der Waals surface area (Å²) in [7, 11) is 0. The van der Waals surface area contributed by atoms with Gasteiger partial charge in [0.25, 0.3) is 5.56 Å². The second-order valence-corrected chi connectivity index (χ2v) is 8.57. The zero-order valence-corrected chi connectivity index (χ0v) is 18.3. The molecule has 2 heterocycles. The fourth-order valence-electron chi connectivity index (χ4n) is 4.26. The predicted octanol–water partition coefficient (Wildman–Crippen LogP) is 0.784. The van der Waals surface area contributed by atoms with Gasteiger partial charge >= 0.3 is 5.69 Å². The maximum absolute atomic E-state index is 13.2. The number of amides is 2. The molecule has 2 aromatic heterocycles. The van der Waals surface area contributed by atoms with Crippen molar-refractivity contribution in [1.82, 2.24) is 29.4 Å². The van der Waals surface area contributed by atoms with Crippen LogP contribution in [0.5, 0.6) is 0 Å². The lowest BCUT2D eigenvalue weighted by molar-refractivity contribution is -0.123. The quantitative estimate of drug-likeness (QED) is 0.563. The van der Waals surface area contributed by atoms with Crippen molar-refractivity contribution in [2.24, 2.45) is 0 Å². The SMILES string of the molecule is CC(C)NC(=O)CCn1c(=O)c2ccccc2n2c(=O)n(CC(=O)NC3CCCC3)nc12. The molecule has 0 bridgehead atoms. The summed E-state index contributed by atoms with van der Waals surface area (Å²) in [6.45, 7) is 3.55. The average Bonchev–Trinajstić information content (AvgIpc) is 3.36. The number of hydrogen-bond donors (Lipinski definition) is 2. The van der Waals surface area contributed by atoms with E-state index in [1.807, 2.05) is 13.8 Å². The van der Waals surface area contributed by atoms with E-state index in [-0.39, 0.29) is 54.7 Å². The van der Waals surface area contributed by atoms with Crippen LogP contribution in [0.15, 0.2) is 33.9 Å². The first-order chi connectivity index (χ1) is 15.3. The van der Waals surface area contributed by atoms with Crippen molar-refractivity contribution in [2.75, 3.05) is 0 Å². The number of rotatable bonds is 7. The highest BCUT2D eigenvalue weighted by Crippen LogP contribution is 2.17. The van der Waals surface area contributed by atoms with Crippen LogP contribution in [-0.4, -0.2) is 42.6 Å². The zero-order valence-electron chi connectivity index (χ0n) is 18.3. The molecule has 0 radical (unpaired) electrons. The van der Waals surface area contributed by atoms with Crippen LogP contribution in [0, 0.1) is 0 Å². The lowest BCUT2D eigenvalue weighted by atomic mass is 10.2. The molecule has 2 N–H and O–H groups in total. The van der Waals surface area contributed by atoms with E-state index in [1.54, 1.807) is 24.3 Å². The maximum Gasteiger partial charge on any atom is 0.352 e. The number of para-hydroxylation sites is 1. The molecule has 1 aliphatic rings. The highest BCUT2D eigenvalue weighted by Gasteiger charge is 2.21. The van der Waals surface area contributed by atoms with Crippen molar-refractivity contribution in [2.45, 2.75) is 71.1 Å². The van der Waals surface area contributed by atoms with Gasteiger partial charge in [-0.1, -0.05) is 25.0 Å². The molecule has 0 atom stereocenters. The lowest BCUT2D eigenvalue weighted by Gasteiger charge is -2.11. The third-order valence-electron chi connectivity index (χ3n) is 5.71. The van der Waals surface area contributed by atoms with E-state index in [9.17, 15) is 19.2 Å². The maximum atomic E-state index is 13.2. The first-order valence-electron chi connectivity index (χ1n) is 11.0. The van der Waals surface area contributed by atoms with Crippen molar-refractivity contribution >= 4 is 28.5 Å². The molecule has 10 heteroatoms. The van der Waals surface area contributed by atoms with Gasteiger partial charge in [-0.25, -0.2) is 13.9 Å². The van der Waals surface area contributed by atoms with E-state index in [0.717, 1.165) is 30.4 Å². The van der Waals surface area contributed by atoms with Crippen LogP contribution in [-0.2, 0) is 22.7 Å². The number of carbonyl (C=O) groups is 2. The molecule has 170 valence electrons. The Morgan fingerprint density at radius 1 is 1.12 bits per heavy atom. The van der Waals surface area contributed by atoms with Gasteiger partial charge in [0.15, 0.2) is 0 Å².